The minimum Gasteiger partial charge on any atom is -0.372 e. The summed E-state index contributed by atoms with van der Waals surface area (Å²) >= 11 is 0. The van der Waals surface area contributed by atoms with Gasteiger partial charge in [-0.3, -0.25) is 14.5 Å². The standard InChI is InChI=1S/C14H15N3O2/c1-3-17-13(18)7-12(14(17)19)16-11-6-4-5-9(2)10(11)8-15/h4-6,12,16H,3,7H2,1-2H3. The number of benzene rings is 1. The third-order valence-electron chi connectivity index (χ3n) is 3.27. The molecule has 1 aliphatic rings. The molecule has 2 rings (SSSR count). The molecule has 19 heavy (non-hydrogen) atoms. The fraction of sp³-hybridized carbons (Fsp3) is 0.357. The molecule has 1 aromatic carbocycles. The van der Waals surface area contributed by atoms with E-state index < -0.39 is 6.04 Å². The molecule has 5 nitrogen and oxygen atoms in total. The number of likely N-dealkylation sites (tertiary alicyclic amines) is 1. The molecule has 1 saturated heterocycles. The van der Waals surface area contributed by atoms with Crippen molar-refractivity contribution in [2.75, 3.05) is 11.9 Å². The Balaban J connectivity index is 2.24. The second-order valence-corrected chi connectivity index (χ2v) is 4.49. The summed E-state index contributed by atoms with van der Waals surface area (Å²) in [5, 5.41) is 12.1. The largest absolute Gasteiger partial charge is 0.372 e. The van der Waals surface area contributed by atoms with Crippen molar-refractivity contribution in [3.8, 4) is 6.07 Å². The number of carbonyl (C=O) groups excluding carboxylic acids is 2. The van der Waals surface area contributed by atoms with Crippen LogP contribution in [0.3, 0.4) is 0 Å². The quantitative estimate of drug-likeness (QED) is 0.831. The van der Waals surface area contributed by atoms with Crippen LogP contribution >= 0.6 is 0 Å². The SMILES string of the molecule is CCN1C(=O)CC(Nc2cccc(C)c2C#N)C1=O. The van der Waals surface area contributed by atoms with Crippen molar-refractivity contribution in [2.45, 2.75) is 26.3 Å². The molecule has 0 aromatic heterocycles. The third kappa shape index (κ3) is 2.29. The van der Waals surface area contributed by atoms with E-state index in [0.29, 0.717) is 17.8 Å². The topological polar surface area (TPSA) is 73.2 Å². The number of anilines is 1. The maximum atomic E-state index is 12.0. The third-order valence-corrected chi connectivity index (χ3v) is 3.27. The van der Waals surface area contributed by atoms with Gasteiger partial charge in [0, 0.05) is 6.54 Å². The highest BCUT2D eigenvalue weighted by molar-refractivity contribution is 6.06. The Bertz CT molecular complexity index is 575. The number of nitrogens with one attached hydrogen (secondary N) is 1. The van der Waals surface area contributed by atoms with Crippen LogP contribution in [0.1, 0.15) is 24.5 Å². The van der Waals surface area contributed by atoms with Crippen molar-refractivity contribution < 1.29 is 9.59 Å². The molecule has 1 heterocycles. The molecular weight excluding hydrogens is 242 g/mol. The lowest BCUT2D eigenvalue weighted by Crippen LogP contribution is -2.34. The molecule has 0 spiro atoms. The average Bonchev–Trinajstić information content (AvgIpc) is 2.64. The van der Waals surface area contributed by atoms with Crippen molar-refractivity contribution in [3.05, 3.63) is 29.3 Å². The Labute approximate surface area is 111 Å². The van der Waals surface area contributed by atoms with Crippen molar-refractivity contribution in [2.24, 2.45) is 0 Å². The van der Waals surface area contributed by atoms with Gasteiger partial charge in [-0.15, -0.1) is 0 Å². The molecule has 0 radical (unpaired) electrons. The van der Waals surface area contributed by atoms with Crippen LogP contribution in [0.2, 0.25) is 0 Å². The molecule has 1 atom stereocenters. The van der Waals surface area contributed by atoms with Gasteiger partial charge in [-0.1, -0.05) is 12.1 Å². The molecule has 0 saturated carbocycles. The second kappa shape index (κ2) is 5.11. The number of carbonyl (C=O) groups is 2. The number of hydrogen-bond acceptors (Lipinski definition) is 4. The zero-order valence-electron chi connectivity index (χ0n) is 10.9. The Morgan fingerprint density at radius 2 is 2.21 bits per heavy atom. The minimum absolute atomic E-state index is 0.144. The van der Waals surface area contributed by atoms with Gasteiger partial charge >= 0.3 is 0 Å². The van der Waals surface area contributed by atoms with Crippen LogP contribution < -0.4 is 5.32 Å². The zero-order chi connectivity index (χ0) is 14.0. The number of amides is 2. The Morgan fingerprint density at radius 1 is 1.47 bits per heavy atom. The molecule has 0 bridgehead atoms. The first-order valence-electron chi connectivity index (χ1n) is 6.19. The molecule has 1 fully saturated rings. The predicted octanol–water partition coefficient (Wildman–Crippen LogP) is 1.43. The summed E-state index contributed by atoms with van der Waals surface area (Å²) in [5.41, 5.74) is 1.96. The Hall–Kier alpha value is -2.35. The van der Waals surface area contributed by atoms with Crippen molar-refractivity contribution >= 4 is 17.5 Å². The van der Waals surface area contributed by atoms with Crippen molar-refractivity contribution in [1.82, 2.24) is 4.90 Å². The highest BCUT2D eigenvalue weighted by atomic mass is 16.2. The monoisotopic (exact) mass is 257 g/mol. The molecular formula is C14H15N3O2. The van der Waals surface area contributed by atoms with Crippen LogP contribution in [-0.2, 0) is 9.59 Å². The van der Waals surface area contributed by atoms with Crippen LogP contribution in [0.4, 0.5) is 5.69 Å². The summed E-state index contributed by atoms with van der Waals surface area (Å²) < 4.78 is 0. The summed E-state index contributed by atoms with van der Waals surface area (Å²) in [6.07, 6.45) is 0.144. The molecule has 5 heteroatoms. The minimum atomic E-state index is -0.568. The lowest BCUT2D eigenvalue weighted by molar-refractivity contribution is -0.138. The van der Waals surface area contributed by atoms with Gasteiger partial charge in [-0.05, 0) is 25.5 Å². The van der Waals surface area contributed by atoms with E-state index in [-0.39, 0.29) is 18.2 Å². The molecule has 2 amide bonds. The summed E-state index contributed by atoms with van der Waals surface area (Å²) in [4.78, 5) is 24.9. The zero-order valence-corrected chi connectivity index (χ0v) is 10.9. The van der Waals surface area contributed by atoms with Crippen LogP contribution in [-0.4, -0.2) is 29.3 Å². The van der Waals surface area contributed by atoms with Gasteiger partial charge in [0.2, 0.25) is 5.91 Å². The molecule has 1 aromatic rings. The van der Waals surface area contributed by atoms with Crippen LogP contribution in [0.5, 0.6) is 0 Å². The maximum absolute atomic E-state index is 12.0. The lowest BCUT2D eigenvalue weighted by Gasteiger charge is -2.15. The van der Waals surface area contributed by atoms with E-state index in [0.717, 1.165) is 5.56 Å². The summed E-state index contributed by atoms with van der Waals surface area (Å²) in [5.74, 6) is -0.394. The van der Waals surface area contributed by atoms with E-state index in [9.17, 15) is 9.59 Å². The molecule has 0 aliphatic carbocycles. The van der Waals surface area contributed by atoms with Crippen molar-refractivity contribution in [1.29, 1.82) is 5.26 Å². The fourth-order valence-electron chi connectivity index (χ4n) is 2.25. The molecule has 98 valence electrons. The summed E-state index contributed by atoms with van der Waals surface area (Å²) in [7, 11) is 0. The molecule has 1 aliphatic heterocycles. The van der Waals surface area contributed by atoms with E-state index >= 15 is 0 Å². The van der Waals surface area contributed by atoms with Gasteiger partial charge in [-0.2, -0.15) is 5.26 Å². The van der Waals surface area contributed by atoms with E-state index in [1.54, 1.807) is 13.0 Å². The van der Waals surface area contributed by atoms with Gasteiger partial charge in [0.1, 0.15) is 12.1 Å². The number of nitrogens with zero attached hydrogens (tertiary/aromatic N) is 2. The Kier molecular flexibility index (Phi) is 3.52. The number of aryl methyl sites for hydroxylation is 1. The number of hydrogen-bond donors (Lipinski definition) is 1. The van der Waals surface area contributed by atoms with Gasteiger partial charge in [0.25, 0.3) is 5.91 Å². The molecule has 1 N–H and O–H groups in total. The van der Waals surface area contributed by atoms with Gasteiger partial charge in [-0.25, -0.2) is 0 Å². The number of nitriles is 1. The first-order valence-corrected chi connectivity index (χ1v) is 6.19. The molecule has 1 unspecified atom stereocenters. The predicted molar refractivity (Wildman–Crippen MR) is 70.3 cm³/mol. The van der Waals surface area contributed by atoms with Crippen LogP contribution in [0, 0.1) is 18.3 Å². The first-order chi connectivity index (χ1) is 9.08. The number of likely N-dealkylation sites (N-methyl/N-ethyl adjacent to an activating group) is 1. The van der Waals surface area contributed by atoms with Gasteiger partial charge in [0.15, 0.2) is 0 Å². The maximum Gasteiger partial charge on any atom is 0.252 e. The fourth-order valence-corrected chi connectivity index (χ4v) is 2.25. The van der Waals surface area contributed by atoms with E-state index in [1.807, 2.05) is 19.1 Å². The summed E-state index contributed by atoms with van der Waals surface area (Å²) in [6.45, 7) is 3.99. The second-order valence-electron chi connectivity index (χ2n) is 4.49. The normalized spacial score (nSPS) is 18.6. The Morgan fingerprint density at radius 3 is 2.79 bits per heavy atom. The van der Waals surface area contributed by atoms with Crippen molar-refractivity contribution in [3.63, 3.8) is 0 Å². The first kappa shape index (κ1) is 13.1. The highest BCUT2D eigenvalue weighted by Crippen LogP contribution is 2.23. The van der Waals surface area contributed by atoms with Crippen LogP contribution in [0.15, 0.2) is 18.2 Å². The lowest BCUT2D eigenvalue weighted by atomic mass is 10.1. The van der Waals surface area contributed by atoms with E-state index in [4.69, 9.17) is 5.26 Å². The van der Waals surface area contributed by atoms with E-state index in [2.05, 4.69) is 11.4 Å². The van der Waals surface area contributed by atoms with Crippen LogP contribution in [0.25, 0.3) is 0 Å². The number of rotatable bonds is 3. The van der Waals surface area contributed by atoms with E-state index in [1.165, 1.54) is 4.90 Å². The summed E-state index contributed by atoms with van der Waals surface area (Å²) in [6, 6.07) is 6.95. The average molecular weight is 257 g/mol. The van der Waals surface area contributed by atoms with Gasteiger partial charge in [0.05, 0.1) is 17.7 Å². The smallest absolute Gasteiger partial charge is 0.252 e. The van der Waals surface area contributed by atoms with Gasteiger partial charge < -0.3 is 5.32 Å². The number of imide groups is 1. The highest BCUT2D eigenvalue weighted by Gasteiger charge is 2.37.